The van der Waals surface area contributed by atoms with Crippen LogP contribution in [0.4, 0.5) is 24.8 Å². The van der Waals surface area contributed by atoms with Crippen LogP contribution in [0.5, 0.6) is 0 Å². The largest absolute Gasteiger partial charge is 0.364 e. The van der Waals surface area contributed by atoms with Crippen molar-refractivity contribution in [2.75, 3.05) is 5.32 Å². The third-order valence-electron chi connectivity index (χ3n) is 6.07. The first kappa shape index (κ1) is 25.4. The molecule has 0 fully saturated rings. The zero-order valence-corrected chi connectivity index (χ0v) is 20.9. The molecular formula is C22H17B2ClF3N7O3. The molecule has 10 nitrogen and oxygen atoms in total. The SMILES string of the molecule is BC(B)(c1ccon1)n1c(=O)nc(Nc2cc3cn(C)nc3cc2Cl)n(Cc2cc(F)c(F)cc2F)c1=O. The Balaban J connectivity index is 1.71. The molecule has 192 valence electrons. The summed E-state index contributed by atoms with van der Waals surface area (Å²) in [4.78, 5) is 31.0. The highest BCUT2D eigenvalue weighted by Gasteiger charge is 2.31. The summed E-state index contributed by atoms with van der Waals surface area (Å²) in [5, 5.41) is 10.5. The standard InChI is InChI=1S/C22H17B2ClF3N7O3/c1-33-8-11-5-17(12(25)6-16(11)31-33)29-19-30-20(36)35(22(23,24)18-2-3-38-32-18)21(37)34(19)9-10-4-14(27)15(28)7-13(10)26/h2-8H,9,23-24H2,1H3,(H,29,30,36). The van der Waals surface area contributed by atoms with Crippen molar-refractivity contribution in [1.82, 2.24) is 29.1 Å². The third-order valence-corrected chi connectivity index (χ3v) is 6.38. The van der Waals surface area contributed by atoms with E-state index in [1.54, 1.807) is 30.1 Å². The van der Waals surface area contributed by atoms with Gasteiger partial charge in [-0.25, -0.2) is 27.3 Å². The molecule has 3 aromatic heterocycles. The highest BCUT2D eigenvalue weighted by molar-refractivity contribution is 6.39. The molecule has 0 unspecified atom stereocenters. The van der Waals surface area contributed by atoms with Crippen LogP contribution in [0, 0.1) is 17.5 Å². The summed E-state index contributed by atoms with van der Waals surface area (Å²) in [5.74, 6) is -4.09. The minimum Gasteiger partial charge on any atom is -0.364 e. The highest BCUT2D eigenvalue weighted by Crippen LogP contribution is 2.29. The quantitative estimate of drug-likeness (QED) is 0.253. The molecule has 0 saturated carbocycles. The molecule has 0 aliphatic heterocycles. The zero-order valence-electron chi connectivity index (χ0n) is 20.2. The predicted octanol–water partition coefficient (Wildman–Crippen LogP) is 1.07. The topological polar surface area (TPSA) is 113 Å². The number of benzene rings is 2. The van der Waals surface area contributed by atoms with Gasteiger partial charge in [-0.3, -0.25) is 9.25 Å². The van der Waals surface area contributed by atoms with Gasteiger partial charge >= 0.3 is 11.4 Å². The second-order valence-corrected chi connectivity index (χ2v) is 9.45. The van der Waals surface area contributed by atoms with Crippen LogP contribution in [0.3, 0.4) is 0 Å². The number of nitrogens with one attached hydrogen (secondary N) is 1. The average Bonchev–Trinajstić information content (AvgIpc) is 3.49. The summed E-state index contributed by atoms with van der Waals surface area (Å²) >= 11 is 6.41. The Bertz CT molecular complexity index is 1820. The minimum atomic E-state index is -1.39. The number of nitrogens with zero attached hydrogens (tertiary/aromatic N) is 6. The van der Waals surface area contributed by atoms with E-state index in [1.807, 2.05) is 0 Å². The molecule has 0 aliphatic rings. The van der Waals surface area contributed by atoms with Crippen molar-refractivity contribution in [3.8, 4) is 0 Å². The fourth-order valence-corrected chi connectivity index (χ4v) is 4.30. The summed E-state index contributed by atoms with van der Waals surface area (Å²) in [7, 11) is 4.81. The van der Waals surface area contributed by atoms with Crippen molar-refractivity contribution in [3.63, 3.8) is 0 Å². The Morgan fingerprint density at radius 2 is 1.84 bits per heavy atom. The van der Waals surface area contributed by atoms with Crippen LogP contribution in [-0.2, 0) is 18.9 Å². The number of anilines is 2. The first-order valence-corrected chi connectivity index (χ1v) is 11.5. The fourth-order valence-electron chi connectivity index (χ4n) is 4.09. The Kier molecular flexibility index (Phi) is 6.18. The van der Waals surface area contributed by atoms with Crippen molar-refractivity contribution in [3.05, 3.63) is 97.5 Å². The van der Waals surface area contributed by atoms with Crippen LogP contribution in [-0.4, -0.2) is 44.7 Å². The van der Waals surface area contributed by atoms with Gasteiger partial charge in [0.2, 0.25) is 5.95 Å². The molecule has 1 N–H and O–H groups in total. The molecule has 5 rings (SSSR count). The van der Waals surface area contributed by atoms with Crippen LogP contribution in [0.25, 0.3) is 10.9 Å². The number of rotatable bonds is 6. The number of aromatic nitrogens is 6. The van der Waals surface area contributed by atoms with Gasteiger partial charge in [0.25, 0.3) is 0 Å². The maximum Gasteiger partial charge on any atom is 0.354 e. The van der Waals surface area contributed by atoms with Crippen molar-refractivity contribution < 1.29 is 17.7 Å². The summed E-state index contributed by atoms with van der Waals surface area (Å²) in [5.41, 5.74) is -1.12. The molecule has 0 atom stereocenters. The Morgan fingerprint density at radius 1 is 1.11 bits per heavy atom. The van der Waals surface area contributed by atoms with E-state index in [-0.39, 0.29) is 27.9 Å². The molecule has 16 heteroatoms. The third kappa shape index (κ3) is 4.38. The van der Waals surface area contributed by atoms with Gasteiger partial charge in [0.15, 0.2) is 11.6 Å². The molecule has 0 radical (unpaired) electrons. The van der Waals surface area contributed by atoms with Crippen molar-refractivity contribution in [1.29, 1.82) is 0 Å². The van der Waals surface area contributed by atoms with Gasteiger partial charge in [-0.2, -0.15) is 10.1 Å². The number of aryl methyl sites for hydroxylation is 1. The van der Waals surface area contributed by atoms with Crippen molar-refractivity contribution in [2.24, 2.45) is 7.05 Å². The molecule has 2 aromatic carbocycles. The van der Waals surface area contributed by atoms with Crippen LogP contribution in [0.15, 0.2) is 56.9 Å². The Morgan fingerprint density at radius 3 is 2.55 bits per heavy atom. The molecule has 38 heavy (non-hydrogen) atoms. The van der Waals surface area contributed by atoms with Gasteiger partial charge in [0.05, 0.1) is 28.5 Å². The number of halogens is 4. The number of hydrogen-bond donors (Lipinski definition) is 1. The van der Waals surface area contributed by atoms with Gasteiger partial charge < -0.3 is 9.84 Å². The molecule has 0 bridgehead atoms. The molecule has 0 spiro atoms. The number of fused-ring (bicyclic) bond motifs is 1. The first-order chi connectivity index (χ1) is 18.0. The zero-order chi connectivity index (χ0) is 27.4. The van der Waals surface area contributed by atoms with Gasteiger partial charge in [0.1, 0.15) is 27.8 Å². The Labute approximate surface area is 218 Å². The first-order valence-electron chi connectivity index (χ1n) is 11.1. The van der Waals surface area contributed by atoms with Crippen molar-refractivity contribution >= 4 is 49.8 Å². The van der Waals surface area contributed by atoms with Crippen LogP contribution in [0.2, 0.25) is 5.02 Å². The summed E-state index contributed by atoms with van der Waals surface area (Å²) in [6.07, 6.45) is 3.00. The van der Waals surface area contributed by atoms with E-state index in [0.29, 0.717) is 23.0 Å². The molecular weight excluding hydrogens is 524 g/mol. The van der Waals surface area contributed by atoms with Crippen molar-refractivity contribution in [2.45, 2.75) is 11.9 Å². The van der Waals surface area contributed by atoms with E-state index in [0.717, 1.165) is 9.13 Å². The normalized spacial score (nSPS) is 11.8. The molecule has 0 saturated heterocycles. The Hall–Kier alpha value is -4.26. The number of hydrogen-bond acceptors (Lipinski definition) is 7. The minimum absolute atomic E-state index is 0.197. The van der Waals surface area contributed by atoms with E-state index < -0.39 is 40.7 Å². The maximum absolute atomic E-state index is 14.6. The lowest BCUT2D eigenvalue weighted by Gasteiger charge is -2.26. The maximum atomic E-state index is 14.6. The van der Waals surface area contributed by atoms with Crippen LogP contribution >= 0.6 is 11.6 Å². The van der Waals surface area contributed by atoms with E-state index in [2.05, 4.69) is 20.6 Å². The van der Waals surface area contributed by atoms with Gasteiger partial charge in [-0.05, 0) is 18.2 Å². The summed E-state index contributed by atoms with van der Waals surface area (Å²) < 4.78 is 50.3. The summed E-state index contributed by atoms with van der Waals surface area (Å²) in [6, 6.07) is 5.68. The van der Waals surface area contributed by atoms with Gasteiger partial charge in [-0.1, -0.05) is 16.8 Å². The second-order valence-electron chi connectivity index (χ2n) is 9.04. The lowest BCUT2D eigenvalue weighted by Crippen LogP contribution is -2.54. The molecule has 0 amide bonds. The average molecular weight is 541 g/mol. The van der Waals surface area contributed by atoms with Gasteiger partial charge in [-0.15, -0.1) is 0 Å². The smallest absolute Gasteiger partial charge is 0.354 e. The molecule has 5 aromatic rings. The van der Waals surface area contributed by atoms with E-state index in [4.69, 9.17) is 16.1 Å². The summed E-state index contributed by atoms with van der Waals surface area (Å²) in [6.45, 7) is -0.598. The highest BCUT2D eigenvalue weighted by atomic mass is 35.5. The second kappa shape index (κ2) is 9.24. The van der Waals surface area contributed by atoms with E-state index in [1.165, 1.54) is 28.0 Å². The monoisotopic (exact) mass is 541 g/mol. The molecule has 0 aliphatic carbocycles. The lowest BCUT2D eigenvalue weighted by molar-refractivity contribution is 0.400. The molecule has 3 heterocycles. The van der Waals surface area contributed by atoms with Gasteiger partial charge in [0, 0.05) is 41.7 Å². The van der Waals surface area contributed by atoms with E-state index in [9.17, 15) is 22.8 Å². The van der Waals surface area contributed by atoms with E-state index >= 15 is 0 Å². The van der Waals surface area contributed by atoms with Crippen LogP contribution in [0.1, 0.15) is 11.3 Å². The lowest BCUT2D eigenvalue weighted by atomic mass is 9.60. The predicted molar refractivity (Wildman–Crippen MR) is 138 cm³/mol. The van der Waals surface area contributed by atoms with Crippen LogP contribution < -0.4 is 16.7 Å². The fraction of sp³-hybridized carbons (Fsp3) is 0.136.